The first kappa shape index (κ1) is 22.7. The van der Waals surface area contributed by atoms with Crippen LogP contribution in [0.2, 0.25) is 0 Å². The second kappa shape index (κ2) is 17.7. The van der Waals surface area contributed by atoms with Crippen LogP contribution < -0.4 is 4.90 Å². The minimum atomic E-state index is -1.08. The molecule has 0 aliphatic carbocycles. The van der Waals surface area contributed by atoms with E-state index in [1.807, 2.05) is 115 Å². The molecule has 0 N–H and O–H groups in total. The fourth-order valence-electron chi connectivity index (χ4n) is 7.63. The van der Waals surface area contributed by atoms with Crippen LogP contribution in [0.3, 0.4) is 0 Å². The Morgan fingerprint density at radius 2 is 0.600 bits per heavy atom. The Morgan fingerprint density at radius 3 is 1.14 bits per heavy atom. The van der Waals surface area contributed by atoms with Gasteiger partial charge in [-0.25, -0.2) is 0 Å². The van der Waals surface area contributed by atoms with Crippen molar-refractivity contribution in [3.05, 3.63) is 272 Å². The number of anilines is 3. The smallest absolute Gasteiger partial charge is 0.0645 e. The van der Waals surface area contributed by atoms with Crippen molar-refractivity contribution >= 4 is 27.8 Å². The van der Waals surface area contributed by atoms with Crippen LogP contribution in [-0.4, -0.2) is 0 Å². The lowest BCUT2D eigenvalue weighted by Gasteiger charge is -2.26. The van der Waals surface area contributed by atoms with E-state index in [9.17, 15) is 19.2 Å². The lowest BCUT2D eigenvalue weighted by Crippen LogP contribution is -2.09. The molecular formula is C64H45N. The molecule has 0 saturated carbocycles. The largest absolute Gasteiger partial charge is 0.311 e. The maximum atomic E-state index is 9.85. The quantitative estimate of drug-likeness (QED) is 0.133. The minimum Gasteiger partial charge on any atom is -0.311 e. The molecule has 0 radical (unpaired) electrons. The maximum Gasteiger partial charge on any atom is 0.0645 e. The minimum absolute atomic E-state index is 0.196. The average molecular weight is 849 g/mol. The van der Waals surface area contributed by atoms with E-state index in [2.05, 4.69) is 0 Å². The summed E-state index contributed by atoms with van der Waals surface area (Å²) in [6.07, 6.45) is 0. The molecule has 0 aromatic heterocycles. The van der Waals surface area contributed by atoms with Gasteiger partial charge in [0.2, 0.25) is 0 Å². The molecular weight excluding hydrogens is 783 g/mol. The van der Waals surface area contributed by atoms with Crippen LogP contribution in [0.15, 0.2) is 272 Å². The summed E-state index contributed by atoms with van der Waals surface area (Å²) < 4.78 is 195. The van der Waals surface area contributed by atoms with Gasteiger partial charge in [0.15, 0.2) is 0 Å². The summed E-state index contributed by atoms with van der Waals surface area (Å²) in [5, 5.41) is 1.84. The predicted molar refractivity (Wildman–Crippen MR) is 277 cm³/mol. The van der Waals surface area contributed by atoms with Crippen molar-refractivity contribution in [2.45, 2.75) is 0 Å². The number of hydrogen-bond donors (Lipinski definition) is 0. The van der Waals surface area contributed by atoms with Crippen molar-refractivity contribution in [2.75, 3.05) is 4.90 Å². The van der Waals surface area contributed by atoms with Gasteiger partial charge in [-0.1, -0.05) is 212 Å². The highest BCUT2D eigenvalue weighted by molar-refractivity contribution is 5.97. The molecule has 11 aromatic carbocycles. The van der Waals surface area contributed by atoms with E-state index < -0.39 is 166 Å². The molecule has 11 aromatic rings. The zero-order valence-electron chi connectivity index (χ0n) is 55.3. The van der Waals surface area contributed by atoms with Gasteiger partial charge in [-0.3, -0.25) is 0 Å². The molecule has 306 valence electrons. The van der Waals surface area contributed by atoms with E-state index in [0.29, 0.717) is 21.6 Å². The van der Waals surface area contributed by atoms with E-state index in [-0.39, 0.29) is 22.3 Å². The highest BCUT2D eigenvalue weighted by Crippen LogP contribution is 2.40. The van der Waals surface area contributed by atoms with Gasteiger partial charge in [-0.2, -0.15) is 0 Å². The van der Waals surface area contributed by atoms with Crippen molar-refractivity contribution in [3.63, 3.8) is 0 Å². The van der Waals surface area contributed by atoms with E-state index in [1.54, 1.807) is 30.3 Å². The van der Waals surface area contributed by atoms with Gasteiger partial charge in [-0.05, 0) is 149 Å². The third-order valence-electron chi connectivity index (χ3n) is 10.8. The third-order valence-corrected chi connectivity index (χ3v) is 10.8. The van der Waals surface area contributed by atoms with Crippen molar-refractivity contribution < 1.29 is 28.8 Å². The second-order valence-electron chi connectivity index (χ2n) is 14.9. The van der Waals surface area contributed by atoms with Crippen LogP contribution in [0.5, 0.6) is 0 Å². The monoisotopic (exact) mass is 848 g/mol. The Morgan fingerprint density at radius 1 is 0.246 bits per heavy atom. The molecule has 0 saturated heterocycles. The fraction of sp³-hybridized carbons (Fsp3) is 0. The molecule has 0 unspecified atom stereocenters. The summed E-state index contributed by atoms with van der Waals surface area (Å²) >= 11 is 0. The van der Waals surface area contributed by atoms with E-state index >= 15 is 0 Å². The van der Waals surface area contributed by atoms with Gasteiger partial charge < -0.3 is 4.90 Å². The molecule has 0 amide bonds. The maximum absolute atomic E-state index is 9.85. The molecule has 0 bridgehead atoms. The van der Waals surface area contributed by atoms with Gasteiger partial charge in [0.1, 0.15) is 0 Å². The number of fused-ring (bicyclic) bond motifs is 1. The number of hydrogen-bond acceptors (Lipinski definition) is 1. The summed E-state index contributed by atoms with van der Waals surface area (Å²) in [4.78, 5) is 0.637. The number of rotatable bonds is 10. The Bertz CT molecular complexity index is 4460. The first-order chi connectivity index (χ1) is 41.0. The molecule has 1 heteroatoms. The predicted octanol–water partition coefficient (Wildman–Crippen LogP) is 18.0. The SMILES string of the molecule is [2H]c1c([2H])c([2H])c(-c2c([2H])c([2H])c(-c3c([2H])c([2H])c(N(c4c([2H])c([2H])c(-c5cc(-c6ccccc6)cc(-c6ccccc6)c5)c([2H])c4[2H])c4c([2H])c([2H])c(-c5cccc(-c6cccc7ccccc67)c5)c([2H])c4[2H])c([2H])c3[2H])c([2H])c2[2H])c([2H])c1[2H]. The average Bonchev–Trinajstić information content (AvgIpc) is 0.800. The van der Waals surface area contributed by atoms with Gasteiger partial charge in [0.05, 0.1) is 28.8 Å². The molecule has 65 heavy (non-hydrogen) atoms. The summed E-state index contributed by atoms with van der Waals surface area (Å²) in [7, 11) is 0. The zero-order valence-corrected chi connectivity index (χ0v) is 34.3. The van der Waals surface area contributed by atoms with Gasteiger partial charge >= 0.3 is 0 Å². The van der Waals surface area contributed by atoms with E-state index in [4.69, 9.17) is 9.60 Å². The Hall–Kier alpha value is -8.52. The fourth-order valence-corrected chi connectivity index (χ4v) is 7.63. The standard InChI is InChI=1S/C64H45N/c1-4-14-46(15-5-1)49-26-28-50(29-27-49)51-30-36-60(37-31-51)65(61-38-32-52(33-39-61)55-22-12-23-56(42-55)64-25-13-21-54-20-10-11-24-63(54)64)62-40-34-53(35-41-62)59-44-57(47-16-6-2-7-17-47)43-58(45-59)48-18-8-3-9-19-48/h1-45H/i1D,4D,5D,14D,15D,26D,27D,28D,29D,30D,31D,32D,33D,34D,35D,36D,37D,38D,39D,40D,41D. The van der Waals surface area contributed by atoms with Crippen LogP contribution in [0.25, 0.3) is 88.7 Å². The lowest BCUT2D eigenvalue weighted by atomic mass is 9.93. The van der Waals surface area contributed by atoms with Gasteiger partial charge in [-0.15, -0.1) is 0 Å². The highest BCUT2D eigenvalue weighted by atomic mass is 15.1. The van der Waals surface area contributed by atoms with Crippen LogP contribution in [0.4, 0.5) is 17.1 Å². The molecule has 11 rings (SSSR count). The van der Waals surface area contributed by atoms with Crippen LogP contribution >= 0.6 is 0 Å². The summed E-state index contributed by atoms with van der Waals surface area (Å²) in [6.45, 7) is 0. The number of benzene rings is 11. The van der Waals surface area contributed by atoms with Crippen LogP contribution in [0, 0.1) is 0 Å². The summed E-state index contributed by atoms with van der Waals surface area (Å²) in [6, 6.07) is 25.6. The first-order valence-electron chi connectivity index (χ1n) is 31.1. The Labute approximate surface area is 411 Å². The molecule has 1 nitrogen and oxygen atoms in total. The molecule has 0 spiro atoms. The van der Waals surface area contributed by atoms with E-state index in [0.717, 1.165) is 27.5 Å². The molecule has 0 aliphatic heterocycles. The summed E-state index contributed by atoms with van der Waals surface area (Å²) in [5.74, 6) is 0. The number of nitrogens with zero attached hydrogens (tertiary/aromatic N) is 1. The van der Waals surface area contributed by atoms with Gasteiger partial charge in [0.25, 0.3) is 0 Å². The topological polar surface area (TPSA) is 3.24 Å². The van der Waals surface area contributed by atoms with Crippen molar-refractivity contribution in [3.8, 4) is 77.9 Å². The van der Waals surface area contributed by atoms with Crippen LogP contribution in [-0.2, 0) is 0 Å². The third kappa shape index (κ3) is 8.27. The van der Waals surface area contributed by atoms with Crippen LogP contribution in [0.1, 0.15) is 28.8 Å². The highest BCUT2D eigenvalue weighted by Gasteiger charge is 2.15. The van der Waals surface area contributed by atoms with Crippen molar-refractivity contribution in [1.29, 1.82) is 0 Å². The Balaban J connectivity index is 1.18. The van der Waals surface area contributed by atoms with Crippen molar-refractivity contribution in [2.24, 2.45) is 0 Å². The molecule has 0 atom stereocenters. The van der Waals surface area contributed by atoms with Crippen molar-refractivity contribution in [1.82, 2.24) is 0 Å². The van der Waals surface area contributed by atoms with Gasteiger partial charge in [0, 0.05) is 17.1 Å². The summed E-state index contributed by atoms with van der Waals surface area (Å²) in [5.41, 5.74) is -1.10. The molecule has 0 fully saturated rings. The first-order valence-corrected chi connectivity index (χ1v) is 20.6. The van der Waals surface area contributed by atoms with E-state index in [1.165, 1.54) is 0 Å². The Kier molecular flexibility index (Phi) is 6.18. The normalized spacial score (nSPS) is 15.6. The molecule has 0 heterocycles. The zero-order chi connectivity index (χ0) is 61.6. The second-order valence-corrected chi connectivity index (χ2v) is 14.9. The molecule has 0 aliphatic rings. The lowest BCUT2D eigenvalue weighted by molar-refractivity contribution is 1.28.